The Labute approximate surface area is 169 Å². The lowest BCUT2D eigenvalue weighted by Crippen LogP contribution is -2.31. The molecule has 0 amide bonds. The largest absolute Gasteiger partial charge is 0.299 e. The summed E-state index contributed by atoms with van der Waals surface area (Å²) in [6.45, 7) is 5.34. The van der Waals surface area contributed by atoms with Gasteiger partial charge in [-0.25, -0.2) is 0 Å². The van der Waals surface area contributed by atoms with Gasteiger partial charge in [0.05, 0.1) is 5.69 Å². The van der Waals surface area contributed by atoms with E-state index in [-0.39, 0.29) is 0 Å². The molecule has 1 atom stereocenters. The summed E-state index contributed by atoms with van der Waals surface area (Å²) in [5, 5.41) is 4.66. The third-order valence-corrected chi connectivity index (χ3v) is 6.42. The van der Waals surface area contributed by atoms with Crippen LogP contribution in [-0.2, 0) is 26.4 Å². The smallest absolute Gasteiger partial charge is 0.0674 e. The number of hydrogen-bond donors (Lipinski definition) is 0. The maximum absolute atomic E-state index is 4.66. The zero-order chi connectivity index (χ0) is 19.7. The van der Waals surface area contributed by atoms with E-state index in [4.69, 9.17) is 0 Å². The molecule has 3 aromatic rings. The van der Waals surface area contributed by atoms with Crippen LogP contribution in [0.5, 0.6) is 0 Å². The summed E-state index contributed by atoms with van der Waals surface area (Å²) in [5.74, 6) is 0. The van der Waals surface area contributed by atoms with Gasteiger partial charge in [-0.3, -0.25) is 9.58 Å². The molecular formula is C25H31N3. The Bertz CT molecular complexity index is 955. The third-order valence-electron chi connectivity index (χ3n) is 6.42. The predicted octanol–water partition coefficient (Wildman–Crippen LogP) is 5.08. The molecule has 1 aliphatic carbocycles. The fourth-order valence-electron chi connectivity index (χ4n) is 4.78. The lowest BCUT2D eigenvalue weighted by Gasteiger charge is -2.27. The molecule has 0 bridgehead atoms. The van der Waals surface area contributed by atoms with Crippen molar-refractivity contribution in [3.05, 3.63) is 76.6 Å². The van der Waals surface area contributed by atoms with Gasteiger partial charge in [-0.05, 0) is 68.8 Å². The zero-order valence-corrected chi connectivity index (χ0v) is 17.6. The highest BCUT2D eigenvalue weighted by Crippen LogP contribution is 2.35. The van der Waals surface area contributed by atoms with E-state index in [0.717, 1.165) is 25.1 Å². The second-order valence-corrected chi connectivity index (χ2v) is 8.24. The first kappa shape index (κ1) is 18.9. The highest BCUT2D eigenvalue weighted by molar-refractivity contribution is 5.73. The molecule has 0 spiro atoms. The van der Waals surface area contributed by atoms with Crippen molar-refractivity contribution in [3.63, 3.8) is 0 Å². The highest BCUT2D eigenvalue weighted by atomic mass is 15.3. The summed E-state index contributed by atoms with van der Waals surface area (Å²) in [4.78, 5) is 2.54. The molecule has 1 aliphatic rings. The second-order valence-electron chi connectivity index (χ2n) is 8.24. The number of hydrogen-bond acceptors (Lipinski definition) is 2. The first-order chi connectivity index (χ1) is 13.5. The molecule has 1 aromatic heterocycles. The van der Waals surface area contributed by atoms with E-state index in [9.17, 15) is 0 Å². The van der Waals surface area contributed by atoms with Crippen molar-refractivity contribution in [2.45, 2.75) is 52.1 Å². The molecular weight excluding hydrogens is 342 g/mol. The first-order valence-electron chi connectivity index (χ1n) is 10.4. The van der Waals surface area contributed by atoms with Crippen molar-refractivity contribution in [2.75, 3.05) is 7.05 Å². The Morgan fingerprint density at radius 2 is 1.75 bits per heavy atom. The van der Waals surface area contributed by atoms with Crippen LogP contribution >= 0.6 is 0 Å². The Hall–Kier alpha value is -2.39. The lowest BCUT2D eigenvalue weighted by molar-refractivity contribution is 0.214. The molecule has 0 unspecified atom stereocenters. The fraction of sp³-hybridized carbons (Fsp3) is 0.400. The Kier molecular flexibility index (Phi) is 5.36. The number of nitrogens with zero attached hydrogens (tertiary/aromatic N) is 3. The lowest BCUT2D eigenvalue weighted by atomic mass is 9.91. The molecule has 0 aliphatic heterocycles. The van der Waals surface area contributed by atoms with Crippen molar-refractivity contribution in [1.29, 1.82) is 0 Å². The Morgan fingerprint density at radius 1 is 1.00 bits per heavy atom. The summed E-state index contributed by atoms with van der Waals surface area (Å²) in [5.41, 5.74) is 9.58. The van der Waals surface area contributed by atoms with Gasteiger partial charge in [-0.15, -0.1) is 0 Å². The maximum atomic E-state index is 4.66. The third kappa shape index (κ3) is 3.64. The van der Waals surface area contributed by atoms with Crippen LogP contribution in [0.4, 0.5) is 0 Å². The first-order valence-corrected chi connectivity index (χ1v) is 10.4. The molecule has 1 heterocycles. The van der Waals surface area contributed by atoms with Crippen molar-refractivity contribution in [3.8, 4) is 11.1 Å². The number of benzene rings is 2. The topological polar surface area (TPSA) is 21.1 Å². The quantitative estimate of drug-likeness (QED) is 0.595. The van der Waals surface area contributed by atoms with E-state index < -0.39 is 0 Å². The number of aryl methyl sites for hydroxylation is 3. The molecule has 146 valence electrons. The van der Waals surface area contributed by atoms with Crippen LogP contribution in [0.3, 0.4) is 0 Å². The van der Waals surface area contributed by atoms with Gasteiger partial charge in [0.15, 0.2) is 0 Å². The number of fused-ring (bicyclic) bond motifs is 1. The Balaban J connectivity index is 1.58. The van der Waals surface area contributed by atoms with Crippen LogP contribution in [0.1, 0.15) is 40.9 Å². The SMILES string of the molecule is Cc1nn(C)c(C)c1-c1cccc2c1CC[C@H](N(C)Cc1ccccc1)CC2. The van der Waals surface area contributed by atoms with E-state index in [0.29, 0.717) is 6.04 Å². The minimum absolute atomic E-state index is 0.622. The molecule has 0 radical (unpaired) electrons. The van der Waals surface area contributed by atoms with E-state index in [1.807, 2.05) is 11.7 Å². The maximum Gasteiger partial charge on any atom is 0.0674 e. The van der Waals surface area contributed by atoms with E-state index in [2.05, 4.69) is 79.4 Å². The summed E-state index contributed by atoms with van der Waals surface area (Å²) in [6, 6.07) is 18.3. The molecule has 3 heteroatoms. The number of rotatable bonds is 4. The predicted molar refractivity (Wildman–Crippen MR) is 116 cm³/mol. The highest BCUT2D eigenvalue weighted by Gasteiger charge is 2.23. The van der Waals surface area contributed by atoms with Gasteiger partial charge >= 0.3 is 0 Å². The summed E-state index contributed by atoms with van der Waals surface area (Å²) >= 11 is 0. The zero-order valence-electron chi connectivity index (χ0n) is 17.6. The van der Waals surface area contributed by atoms with Gasteiger partial charge in [0.2, 0.25) is 0 Å². The van der Waals surface area contributed by atoms with E-state index in [1.54, 1.807) is 0 Å². The van der Waals surface area contributed by atoms with Gasteiger partial charge < -0.3 is 0 Å². The van der Waals surface area contributed by atoms with Gasteiger partial charge in [0, 0.05) is 30.9 Å². The molecule has 28 heavy (non-hydrogen) atoms. The van der Waals surface area contributed by atoms with Gasteiger partial charge in [0.25, 0.3) is 0 Å². The van der Waals surface area contributed by atoms with Crippen LogP contribution in [0.25, 0.3) is 11.1 Å². The standard InChI is InChI=1S/C25H31N3/c1-18-25(19(2)28(4)26-18)24-12-8-11-21-13-14-22(15-16-23(21)24)27(3)17-20-9-6-5-7-10-20/h5-12,22H,13-17H2,1-4H3/t22-/m1/s1. The van der Waals surface area contributed by atoms with E-state index >= 15 is 0 Å². The van der Waals surface area contributed by atoms with Crippen LogP contribution in [0.15, 0.2) is 48.5 Å². The van der Waals surface area contributed by atoms with Gasteiger partial charge in [0.1, 0.15) is 0 Å². The molecule has 0 N–H and O–H groups in total. The van der Waals surface area contributed by atoms with Gasteiger partial charge in [-0.2, -0.15) is 5.10 Å². The second kappa shape index (κ2) is 7.92. The monoisotopic (exact) mass is 373 g/mol. The van der Waals surface area contributed by atoms with Gasteiger partial charge in [-0.1, -0.05) is 48.5 Å². The summed E-state index contributed by atoms with van der Waals surface area (Å²) in [6.07, 6.45) is 4.74. The van der Waals surface area contributed by atoms with Crippen LogP contribution in [0.2, 0.25) is 0 Å². The fourth-order valence-corrected chi connectivity index (χ4v) is 4.78. The summed E-state index contributed by atoms with van der Waals surface area (Å²) < 4.78 is 2.01. The van der Waals surface area contributed by atoms with Crippen LogP contribution < -0.4 is 0 Å². The molecule has 4 rings (SSSR count). The normalized spacial score (nSPS) is 16.8. The molecule has 3 nitrogen and oxygen atoms in total. The molecule has 0 fully saturated rings. The van der Waals surface area contributed by atoms with Crippen LogP contribution in [-0.4, -0.2) is 27.8 Å². The van der Waals surface area contributed by atoms with Crippen molar-refractivity contribution >= 4 is 0 Å². The van der Waals surface area contributed by atoms with Crippen molar-refractivity contribution in [2.24, 2.45) is 7.05 Å². The molecule has 0 saturated heterocycles. The molecule has 0 saturated carbocycles. The average Bonchev–Trinajstić information content (AvgIpc) is 2.86. The molecule has 2 aromatic carbocycles. The minimum Gasteiger partial charge on any atom is -0.299 e. The Morgan fingerprint density at radius 3 is 2.46 bits per heavy atom. The van der Waals surface area contributed by atoms with Crippen molar-refractivity contribution in [1.82, 2.24) is 14.7 Å². The van der Waals surface area contributed by atoms with E-state index in [1.165, 1.54) is 46.4 Å². The minimum atomic E-state index is 0.622. The van der Waals surface area contributed by atoms with Crippen LogP contribution in [0, 0.1) is 13.8 Å². The average molecular weight is 374 g/mol. The summed E-state index contributed by atoms with van der Waals surface area (Å²) in [7, 11) is 4.33. The van der Waals surface area contributed by atoms with Crippen molar-refractivity contribution < 1.29 is 0 Å². The number of aromatic nitrogens is 2.